The standard InChI is InChI=1S/C23H31N5O/c1-17-7-9-28(10-8-17)23-24-15-20(16-25-23)22(29)27-13-11-26(12-14-27)21-6-4-5-18(2)19(21)3/h4-6,15-17H,7-14H2,1-3H3. The predicted molar refractivity (Wildman–Crippen MR) is 117 cm³/mol. The summed E-state index contributed by atoms with van der Waals surface area (Å²) < 4.78 is 0. The van der Waals surface area contributed by atoms with Gasteiger partial charge in [0.25, 0.3) is 5.91 Å². The molecule has 2 saturated heterocycles. The van der Waals surface area contributed by atoms with Crippen molar-refractivity contribution in [3.8, 4) is 0 Å². The van der Waals surface area contributed by atoms with Crippen LogP contribution in [0.25, 0.3) is 0 Å². The molecule has 0 saturated carbocycles. The highest BCUT2D eigenvalue weighted by Crippen LogP contribution is 2.24. The Balaban J connectivity index is 1.36. The fourth-order valence-corrected chi connectivity index (χ4v) is 4.21. The monoisotopic (exact) mass is 393 g/mol. The lowest BCUT2D eigenvalue weighted by Crippen LogP contribution is -2.49. The Bertz CT molecular complexity index is 850. The lowest BCUT2D eigenvalue weighted by Gasteiger charge is -2.37. The number of aryl methyl sites for hydroxylation is 1. The Morgan fingerprint density at radius 1 is 0.931 bits per heavy atom. The molecule has 3 heterocycles. The van der Waals surface area contributed by atoms with Crippen molar-refractivity contribution in [2.24, 2.45) is 5.92 Å². The van der Waals surface area contributed by atoms with E-state index < -0.39 is 0 Å². The van der Waals surface area contributed by atoms with Crippen molar-refractivity contribution >= 4 is 17.5 Å². The number of hydrogen-bond donors (Lipinski definition) is 0. The number of rotatable bonds is 3. The molecule has 2 aliphatic heterocycles. The third-order valence-corrected chi connectivity index (χ3v) is 6.44. The van der Waals surface area contributed by atoms with Gasteiger partial charge in [0.1, 0.15) is 0 Å². The quantitative estimate of drug-likeness (QED) is 0.801. The average molecular weight is 394 g/mol. The highest BCUT2D eigenvalue weighted by molar-refractivity contribution is 5.93. The molecule has 6 nitrogen and oxygen atoms in total. The van der Waals surface area contributed by atoms with Gasteiger partial charge < -0.3 is 14.7 Å². The summed E-state index contributed by atoms with van der Waals surface area (Å²) in [6.45, 7) is 11.7. The lowest BCUT2D eigenvalue weighted by molar-refractivity contribution is 0.0746. The van der Waals surface area contributed by atoms with Crippen LogP contribution in [0.1, 0.15) is 41.3 Å². The van der Waals surface area contributed by atoms with Crippen LogP contribution in [0.15, 0.2) is 30.6 Å². The SMILES string of the molecule is Cc1cccc(N2CCN(C(=O)c3cnc(N4CCC(C)CC4)nc3)CC2)c1C. The van der Waals surface area contributed by atoms with Crippen LogP contribution in [-0.4, -0.2) is 60.0 Å². The van der Waals surface area contributed by atoms with Crippen molar-refractivity contribution in [2.45, 2.75) is 33.6 Å². The Hall–Kier alpha value is -2.63. The van der Waals surface area contributed by atoms with E-state index in [0.717, 1.165) is 51.1 Å². The molecule has 0 N–H and O–H groups in total. The first-order valence-electron chi connectivity index (χ1n) is 10.7. The van der Waals surface area contributed by atoms with E-state index in [9.17, 15) is 4.79 Å². The minimum Gasteiger partial charge on any atom is -0.368 e. The van der Waals surface area contributed by atoms with Gasteiger partial charge in [-0.2, -0.15) is 0 Å². The normalized spacial score (nSPS) is 18.2. The highest BCUT2D eigenvalue weighted by Gasteiger charge is 2.24. The average Bonchev–Trinajstić information content (AvgIpc) is 2.76. The van der Waals surface area contributed by atoms with E-state index in [1.54, 1.807) is 12.4 Å². The maximum Gasteiger partial charge on any atom is 0.257 e. The largest absolute Gasteiger partial charge is 0.368 e. The van der Waals surface area contributed by atoms with Gasteiger partial charge in [0.05, 0.1) is 5.56 Å². The summed E-state index contributed by atoms with van der Waals surface area (Å²) in [6.07, 6.45) is 5.74. The van der Waals surface area contributed by atoms with Crippen LogP contribution in [0, 0.1) is 19.8 Å². The van der Waals surface area contributed by atoms with Gasteiger partial charge in [-0.05, 0) is 49.8 Å². The number of benzene rings is 1. The molecule has 29 heavy (non-hydrogen) atoms. The summed E-state index contributed by atoms with van der Waals surface area (Å²) in [5.74, 6) is 1.55. The second-order valence-corrected chi connectivity index (χ2v) is 8.44. The summed E-state index contributed by atoms with van der Waals surface area (Å²) in [4.78, 5) is 28.4. The summed E-state index contributed by atoms with van der Waals surface area (Å²) in [5.41, 5.74) is 4.49. The Kier molecular flexibility index (Phi) is 5.69. The lowest BCUT2D eigenvalue weighted by atomic mass is 10.00. The molecule has 0 aliphatic carbocycles. The molecular weight excluding hydrogens is 362 g/mol. The minimum atomic E-state index is 0.0319. The van der Waals surface area contributed by atoms with Crippen LogP contribution in [-0.2, 0) is 0 Å². The van der Waals surface area contributed by atoms with Gasteiger partial charge in [0, 0.05) is 57.3 Å². The topological polar surface area (TPSA) is 52.6 Å². The molecule has 1 aromatic heterocycles. The Morgan fingerprint density at radius 2 is 1.59 bits per heavy atom. The molecule has 0 bridgehead atoms. The number of hydrogen-bond acceptors (Lipinski definition) is 5. The summed E-state index contributed by atoms with van der Waals surface area (Å²) >= 11 is 0. The number of nitrogens with zero attached hydrogens (tertiary/aromatic N) is 5. The smallest absolute Gasteiger partial charge is 0.257 e. The second kappa shape index (κ2) is 8.39. The Morgan fingerprint density at radius 3 is 2.24 bits per heavy atom. The maximum absolute atomic E-state index is 12.9. The fourth-order valence-electron chi connectivity index (χ4n) is 4.21. The maximum atomic E-state index is 12.9. The molecule has 6 heteroatoms. The van der Waals surface area contributed by atoms with Crippen LogP contribution in [0.2, 0.25) is 0 Å². The Labute approximate surface area is 173 Å². The first kappa shape index (κ1) is 19.7. The third-order valence-electron chi connectivity index (χ3n) is 6.44. The van der Waals surface area contributed by atoms with Gasteiger partial charge in [-0.25, -0.2) is 9.97 Å². The molecule has 1 amide bonds. The van der Waals surface area contributed by atoms with Crippen LogP contribution in [0.5, 0.6) is 0 Å². The van der Waals surface area contributed by atoms with Gasteiger partial charge in [-0.15, -0.1) is 0 Å². The van der Waals surface area contributed by atoms with Crippen molar-refractivity contribution in [3.05, 3.63) is 47.3 Å². The van der Waals surface area contributed by atoms with E-state index in [0.29, 0.717) is 5.56 Å². The zero-order valence-electron chi connectivity index (χ0n) is 17.8. The van der Waals surface area contributed by atoms with Gasteiger partial charge >= 0.3 is 0 Å². The summed E-state index contributed by atoms with van der Waals surface area (Å²) in [6, 6.07) is 6.43. The van der Waals surface area contributed by atoms with Gasteiger partial charge in [0.15, 0.2) is 0 Å². The molecule has 0 radical (unpaired) electrons. The van der Waals surface area contributed by atoms with Crippen molar-refractivity contribution in [1.82, 2.24) is 14.9 Å². The van der Waals surface area contributed by atoms with Crippen molar-refractivity contribution in [1.29, 1.82) is 0 Å². The molecule has 2 fully saturated rings. The molecule has 2 aromatic rings. The number of carbonyl (C=O) groups excluding carboxylic acids is 1. The molecule has 154 valence electrons. The second-order valence-electron chi connectivity index (χ2n) is 8.44. The summed E-state index contributed by atoms with van der Waals surface area (Å²) in [7, 11) is 0. The minimum absolute atomic E-state index is 0.0319. The van der Waals surface area contributed by atoms with E-state index in [2.05, 4.69) is 58.7 Å². The van der Waals surface area contributed by atoms with E-state index >= 15 is 0 Å². The molecular formula is C23H31N5O. The van der Waals surface area contributed by atoms with E-state index in [4.69, 9.17) is 0 Å². The van der Waals surface area contributed by atoms with Crippen molar-refractivity contribution in [3.63, 3.8) is 0 Å². The zero-order valence-corrected chi connectivity index (χ0v) is 17.8. The van der Waals surface area contributed by atoms with Gasteiger partial charge in [0.2, 0.25) is 5.95 Å². The number of carbonyl (C=O) groups is 1. The van der Waals surface area contributed by atoms with E-state index in [-0.39, 0.29) is 5.91 Å². The molecule has 0 unspecified atom stereocenters. The van der Waals surface area contributed by atoms with Crippen LogP contribution in [0.4, 0.5) is 11.6 Å². The van der Waals surface area contributed by atoms with E-state index in [1.807, 2.05) is 4.90 Å². The number of anilines is 2. The number of piperazine rings is 1. The van der Waals surface area contributed by atoms with Gasteiger partial charge in [-0.3, -0.25) is 4.79 Å². The molecule has 0 spiro atoms. The number of amides is 1. The molecule has 4 rings (SSSR count). The number of aromatic nitrogens is 2. The molecule has 2 aliphatic rings. The summed E-state index contributed by atoms with van der Waals surface area (Å²) in [5, 5.41) is 0. The first-order valence-corrected chi connectivity index (χ1v) is 10.7. The van der Waals surface area contributed by atoms with Gasteiger partial charge in [-0.1, -0.05) is 19.1 Å². The first-order chi connectivity index (χ1) is 14.0. The van der Waals surface area contributed by atoms with Crippen LogP contribution >= 0.6 is 0 Å². The van der Waals surface area contributed by atoms with Crippen molar-refractivity contribution in [2.75, 3.05) is 49.1 Å². The predicted octanol–water partition coefficient (Wildman–Crippen LogP) is 3.29. The molecule has 0 atom stereocenters. The van der Waals surface area contributed by atoms with E-state index in [1.165, 1.54) is 29.7 Å². The van der Waals surface area contributed by atoms with Crippen LogP contribution in [0.3, 0.4) is 0 Å². The third kappa shape index (κ3) is 4.21. The fraction of sp³-hybridized carbons (Fsp3) is 0.522. The van der Waals surface area contributed by atoms with Crippen LogP contribution < -0.4 is 9.80 Å². The molecule has 1 aromatic carbocycles. The number of piperidine rings is 1. The zero-order chi connectivity index (χ0) is 20.4. The highest BCUT2D eigenvalue weighted by atomic mass is 16.2. The van der Waals surface area contributed by atoms with Crippen molar-refractivity contribution < 1.29 is 4.79 Å².